The van der Waals surface area contributed by atoms with Crippen molar-refractivity contribution in [3.05, 3.63) is 29.8 Å². The zero-order valence-corrected chi connectivity index (χ0v) is 14.9. The summed E-state index contributed by atoms with van der Waals surface area (Å²) in [5.74, 6) is -0.213. The highest BCUT2D eigenvalue weighted by molar-refractivity contribution is 5.94. The molecule has 1 aromatic carbocycles. The fourth-order valence-electron chi connectivity index (χ4n) is 2.92. The lowest BCUT2D eigenvalue weighted by Crippen LogP contribution is -3.16. The first kappa shape index (κ1) is 18.3. The number of carbonyl (C=O) groups excluding carboxylic acids is 2. The van der Waals surface area contributed by atoms with E-state index in [0.29, 0.717) is 6.54 Å². The average Bonchev–Trinajstić information content (AvgIpc) is 2.55. The molecule has 1 heterocycles. The molecule has 132 valence electrons. The van der Waals surface area contributed by atoms with Crippen LogP contribution in [-0.4, -0.2) is 50.7 Å². The number of anilines is 1. The summed E-state index contributed by atoms with van der Waals surface area (Å²) in [6, 6.07) is 8.06. The molecular formula is C18H29N4O2+. The molecule has 1 atom stereocenters. The van der Waals surface area contributed by atoms with Crippen molar-refractivity contribution in [2.75, 3.05) is 37.6 Å². The maximum atomic E-state index is 12.0. The maximum absolute atomic E-state index is 12.0. The van der Waals surface area contributed by atoms with Gasteiger partial charge in [0.2, 0.25) is 0 Å². The topological polar surface area (TPSA) is 65.9 Å². The van der Waals surface area contributed by atoms with Gasteiger partial charge >= 0.3 is 6.03 Å². The molecule has 2 rings (SSSR count). The predicted molar refractivity (Wildman–Crippen MR) is 95.4 cm³/mol. The molecule has 24 heavy (non-hydrogen) atoms. The van der Waals surface area contributed by atoms with Gasteiger partial charge in [-0.15, -0.1) is 0 Å². The maximum Gasteiger partial charge on any atom is 0.321 e. The molecular weight excluding hydrogens is 304 g/mol. The molecule has 1 aromatic rings. The molecule has 0 radical (unpaired) electrons. The van der Waals surface area contributed by atoms with Crippen LogP contribution >= 0.6 is 0 Å². The Morgan fingerprint density at radius 3 is 2.54 bits per heavy atom. The normalized spacial score (nSPS) is 16.5. The number of carbonyl (C=O) groups is 2. The Labute approximate surface area is 144 Å². The van der Waals surface area contributed by atoms with E-state index in [4.69, 9.17) is 0 Å². The largest absolute Gasteiger partial charge is 0.360 e. The molecule has 1 fully saturated rings. The quantitative estimate of drug-likeness (QED) is 0.727. The van der Waals surface area contributed by atoms with Crippen molar-refractivity contribution in [1.29, 1.82) is 0 Å². The molecule has 0 saturated carbocycles. The lowest BCUT2D eigenvalue weighted by atomic mass is 10.1. The van der Waals surface area contributed by atoms with Crippen LogP contribution in [0.1, 0.15) is 25.8 Å². The van der Waals surface area contributed by atoms with Crippen LogP contribution in [0.4, 0.5) is 10.5 Å². The van der Waals surface area contributed by atoms with Crippen molar-refractivity contribution in [3.8, 4) is 0 Å². The summed E-state index contributed by atoms with van der Waals surface area (Å²) in [5, 5.41) is 5.17. The van der Waals surface area contributed by atoms with E-state index in [1.807, 2.05) is 13.8 Å². The highest BCUT2D eigenvalue weighted by atomic mass is 16.2. The Bertz CT molecular complexity index is 568. The molecule has 1 aliphatic rings. The van der Waals surface area contributed by atoms with Crippen molar-refractivity contribution in [2.24, 2.45) is 0 Å². The van der Waals surface area contributed by atoms with Crippen molar-refractivity contribution in [3.63, 3.8) is 0 Å². The molecule has 6 heteroatoms. The lowest BCUT2D eigenvalue weighted by Gasteiger charge is -2.34. The van der Waals surface area contributed by atoms with Crippen LogP contribution in [0.2, 0.25) is 0 Å². The van der Waals surface area contributed by atoms with Gasteiger partial charge in [-0.1, -0.05) is 25.1 Å². The smallest absolute Gasteiger partial charge is 0.321 e. The number of amides is 3. The van der Waals surface area contributed by atoms with Gasteiger partial charge in [0.25, 0.3) is 5.91 Å². The van der Waals surface area contributed by atoms with E-state index < -0.39 is 6.03 Å². The third kappa shape index (κ3) is 5.23. The van der Waals surface area contributed by atoms with E-state index in [1.54, 1.807) is 0 Å². The molecule has 1 saturated heterocycles. The van der Waals surface area contributed by atoms with E-state index in [1.165, 1.54) is 16.2 Å². The highest BCUT2D eigenvalue weighted by Crippen LogP contribution is 2.18. The number of imide groups is 1. The summed E-state index contributed by atoms with van der Waals surface area (Å²) in [4.78, 5) is 27.3. The van der Waals surface area contributed by atoms with E-state index in [9.17, 15) is 9.59 Å². The van der Waals surface area contributed by atoms with Gasteiger partial charge in [0, 0.05) is 11.7 Å². The van der Waals surface area contributed by atoms with Gasteiger partial charge in [0.1, 0.15) is 0 Å². The van der Waals surface area contributed by atoms with Crippen LogP contribution < -0.4 is 20.4 Å². The Morgan fingerprint density at radius 1 is 1.25 bits per heavy atom. The van der Waals surface area contributed by atoms with E-state index >= 15 is 0 Å². The fourth-order valence-corrected chi connectivity index (χ4v) is 2.92. The summed E-state index contributed by atoms with van der Waals surface area (Å²) < 4.78 is 0. The average molecular weight is 333 g/mol. The second-order valence-corrected chi connectivity index (χ2v) is 6.53. The van der Waals surface area contributed by atoms with Crippen LogP contribution in [-0.2, 0) is 4.79 Å². The van der Waals surface area contributed by atoms with Crippen molar-refractivity contribution in [2.45, 2.75) is 33.2 Å². The molecule has 0 aromatic heterocycles. The summed E-state index contributed by atoms with van der Waals surface area (Å²) in [5.41, 5.74) is 2.55. The minimum atomic E-state index is -0.396. The van der Waals surface area contributed by atoms with Crippen molar-refractivity contribution < 1.29 is 14.5 Å². The molecule has 6 nitrogen and oxygen atoms in total. The number of rotatable bonds is 5. The molecule has 0 bridgehead atoms. The van der Waals surface area contributed by atoms with Gasteiger partial charge in [-0.2, -0.15) is 0 Å². The number of aryl methyl sites for hydroxylation is 1. The third-order valence-corrected chi connectivity index (χ3v) is 4.58. The number of hydrogen-bond donors (Lipinski definition) is 3. The Balaban J connectivity index is 1.76. The molecule has 0 aliphatic carbocycles. The van der Waals surface area contributed by atoms with Crippen LogP contribution in [0.3, 0.4) is 0 Å². The predicted octanol–water partition coefficient (Wildman–Crippen LogP) is 0.324. The fraction of sp³-hybridized carbons (Fsp3) is 0.556. The van der Waals surface area contributed by atoms with Crippen LogP contribution in [0.15, 0.2) is 24.3 Å². The molecule has 0 unspecified atom stereocenters. The first-order valence-electron chi connectivity index (χ1n) is 8.74. The third-order valence-electron chi connectivity index (χ3n) is 4.58. The number of hydrogen-bond acceptors (Lipinski definition) is 3. The Morgan fingerprint density at radius 2 is 1.92 bits per heavy atom. The molecule has 3 N–H and O–H groups in total. The monoisotopic (exact) mass is 333 g/mol. The van der Waals surface area contributed by atoms with Gasteiger partial charge in [-0.05, 0) is 31.9 Å². The van der Waals surface area contributed by atoms with Gasteiger partial charge in [0.05, 0.1) is 26.2 Å². The number of urea groups is 1. The van der Waals surface area contributed by atoms with Gasteiger partial charge < -0.3 is 15.1 Å². The zero-order valence-electron chi connectivity index (χ0n) is 14.9. The first-order valence-corrected chi connectivity index (χ1v) is 8.74. The summed E-state index contributed by atoms with van der Waals surface area (Å²) in [6.45, 7) is 10.0. The van der Waals surface area contributed by atoms with E-state index in [0.717, 1.165) is 32.6 Å². The Kier molecular flexibility index (Phi) is 6.61. The van der Waals surface area contributed by atoms with Gasteiger partial charge in [-0.3, -0.25) is 10.1 Å². The second-order valence-electron chi connectivity index (χ2n) is 6.53. The highest BCUT2D eigenvalue weighted by Gasteiger charge is 2.23. The number of nitrogens with one attached hydrogen (secondary N) is 3. The number of nitrogens with zero attached hydrogens (tertiary/aromatic N) is 1. The van der Waals surface area contributed by atoms with Crippen molar-refractivity contribution in [1.82, 2.24) is 10.6 Å². The van der Waals surface area contributed by atoms with Crippen LogP contribution in [0.5, 0.6) is 0 Å². The first-order chi connectivity index (χ1) is 11.5. The summed E-state index contributed by atoms with van der Waals surface area (Å²) in [6.07, 6.45) is 0.841. The summed E-state index contributed by atoms with van der Waals surface area (Å²) in [7, 11) is 0. The summed E-state index contributed by atoms with van der Waals surface area (Å²) >= 11 is 0. The molecule has 3 amide bonds. The molecule has 1 aliphatic heterocycles. The van der Waals surface area contributed by atoms with E-state index in [-0.39, 0.29) is 11.9 Å². The van der Waals surface area contributed by atoms with Crippen LogP contribution in [0, 0.1) is 6.92 Å². The number of quaternary nitrogens is 1. The zero-order chi connectivity index (χ0) is 17.5. The van der Waals surface area contributed by atoms with Gasteiger partial charge in [-0.25, -0.2) is 4.79 Å². The molecule has 0 spiro atoms. The number of para-hydroxylation sites is 1. The van der Waals surface area contributed by atoms with Crippen LogP contribution in [0.25, 0.3) is 0 Å². The number of benzene rings is 1. The number of piperazine rings is 1. The van der Waals surface area contributed by atoms with Gasteiger partial charge in [0.15, 0.2) is 6.54 Å². The SMILES string of the molecule is CC[C@@H](C)NC(=O)NC(=O)C[NH+]1CCN(c2ccccc2C)CC1. The standard InChI is InChI=1S/C18H28N4O2/c1-4-15(3)19-18(24)20-17(23)13-21-9-11-22(12-10-21)16-8-6-5-7-14(16)2/h5-8,15H,4,9-13H2,1-3H3,(H2,19,20,23,24)/p+1/t15-/m1/s1. The second kappa shape index (κ2) is 8.68. The minimum absolute atomic E-state index is 0.0720. The Hall–Kier alpha value is -2.08. The van der Waals surface area contributed by atoms with E-state index in [2.05, 4.69) is 46.7 Å². The minimum Gasteiger partial charge on any atom is -0.360 e. The van der Waals surface area contributed by atoms with Crippen molar-refractivity contribution >= 4 is 17.6 Å². The lowest BCUT2D eigenvalue weighted by molar-refractivity contribution is -0.892.